The van der Waals surface area contributed by atoms with Gasteiger partial charge in [-0.3, -0.25) is 0 Å². The predicted octanol–water partition coefficient (Wildman–Crippen LogP) is 4.36. The van der Waals surface area contributed by atoms with Crippen LogP contribution in [0.2, 0.25) is 5.02 Å². The number of nitrogens with one attached hydrogen (secondary N) is 2. The molecule has 0 radical (unpaired) electrons. The molecule has 200 valence electrons. The lowest BCUT2D eigenvalue weighted by Crippen LogP contribution is -2.30. The molecule has 0 saturated carbocycles. The smallest absolute Gasteiger partial charge is 0.163 e. The van der Waals surface area contributed by atoms with Gasteiger partial charge in [-0.05, 0) is 24.3 Å². The molecule has 3 heterocycles. The molecule has 0 amide bonds. The van der Waals surface area contributed by atoms with Crippen LogP contribution in [0.5, 0.6) is 11.5 Å². The molecule has 2 N–H and O–H groups in total. The zero-order valence-electron chi connectivity index (χ0n) is 20.8. The van der Waals surface area contributed by atoms with E-state index in [4.69, 9.17) is 35.3 Å². The minimum atomic E-state index is -0.482. The molecule has 2 aliphatic rings. The number of morpholine rings is 1. The number of anilines is 2. The van der Waals surface area contributed by atoms with E-state index in [1.165, 1.54) is 18.5 Å². The van der Waals surface area contributed by atoms with E-state index in [-0.39, 0.29) is 11.1 Å². The third-order valence-corrected chi connectivity index (χ3v) is 6.03. The molecule has 0 unspecified atom stereocenters. The van der Waals surface area contributed by atoms with E-state index in [1.807, 2.05) is 12.1 Å². The summed E-state index contributed by atoms with van der Waals surface area (Å²) in [4.78, 5) is 8.72. The zero-order valence-corrected chi connectivity index (χ0v) is 21.6. The molecule has 2 saturated heterocycles. The summed E-state index contributed by atoms with van der Waals surface area (Å²) in [7, 11) is 1.62. The van der Waals surface area contributed by atoms with Gasteiger partial charge >= 0.3 is 0 Å². The Morgan fingerprint density at radius 1 is 1.03 bits per heavy atom. The number of nitrogens with zero attached hydrogens (tertiary/aromatic N) is 2. The Bertz CT molecular complexity index is 1130. The molecule has 2 aliphatic heterocycles. The van der Waals surface area contributed by atoms with Crippen LogP contribution in [-0.2, 0) is 14.2 Å². The fourth-order valence-electron chi connectivity index (χ4n) is 3.80. The van der Waals surface area contributed by atoms with Crippen LogP contribution in [0.3, 0.4) is 0 Å². The number of halogens is 2. The standard InChI is InChI=1S/C22H23ClFN3O4.C4H9NO/c1-28-8-9-30-20-12-19-16(11-21(20)31-15-4-6-29-7-5-15)22(26-13-25-19)27-14-2-3-18(24)17(23)10-14;1-3-6-4-2-5-1/h2-3,10-13,15H,4-9H2,1H3,(H,25,26,27);5H,1-4H2. The van der Waals surface area contributed by atoms with E-state index < -0.39 is 5.82 Å². The normalized spacial score (nSPS) is 16.1. The van der Waals surface area contributed by atoms with Gasteiger partial charge in [0.05, 0.1) is 43.6 Å². The maximum absolute atomic E-state index is 13.5. The molecule has 37 heavy (non-hydrogen) atoms. The van der Waals surface area contributed by atoms with E-state index in [2.05, 4.69) is 20.6 Å². The molecular formula is C26H32ClFN4O5. The lowest BCUT2D eigenvalue weighted by atomic mass is 10.1. The molecule has 0 bridgehead atoms. The minimum Gasteiger partial charge on any atom is -0.487 e. The summed E-state index contributed by atoms with van der Waals surface area (Å²) in [5.74, 6) is 1.26. The fourth-order valence-corrected chi connectivity index (χ4v) is 3.98. The van der Waals surface area contributed by atoms with Gasteiger partial charge in [0.15, 0.2) is 11.5 Å². The van der Waals surface area contributed by atoms with Gasteiger partial charge in [-0.15, -0.1) is 0 Å². The summed E-state index contributed by atoms with van der Waals surface area (Å²) in [6.45, 7) is 6.01. The summed E-state index contributed by atoms with van der Waals surface area (Å²) in [5, 5.41) is 7.11. The minimum absolute atomic E-state index is 0.0285. The number of methoxy groups -OCH3 is 1. The molecule has 0 spiro atoms. The first-order valence-corrected chi connectivity index (χ1v) is 12.7. The van der Waals surface area contributed by atoms with Gasteiger partial charge in [-0.1, -0.05) is 11.6 Å². The Labute approximate surface area is 220 Å². The average Bonchev–Trinajstić information content (AvgIpc) is 2.93. The van der Waals surface area contributed by atoms with Crippen LogP contribution in [0.4, 0.5) is 15.9 Å². The number of ether oxygens (including phenoxy) is 5. The van der Waals surface area contributed by atoms with Crippen molar-refractivity contribution in [3.05, 3.63) is 47.5 Å². The number of hydrogen-bond acceptors (Lipinski definition) is 9. The van der Waals surface area contributed by atoms with Crippen LogP contribution in [0.15, 0.2) is 36.7 Å². The van der Waals surface area contributed by atoms with Crippen molar-refractivity contribution in [1.29, 1.82) is 0 Å². The van der Waals surface area contributed by atoms with Crippen LogP contribution in [0.25, 0.3) is 10.9 Å². The van der Waals surface area contributed by atoms with Gasteiger partial charge in [0, 0.05) is 50.2 Å². The molecule has 2 aromatic carbocycles. The average molecular weight is 535 g/mol. The molecule has 9 nitrogen and oxygen atoms in total. The monoisotopic (exact) mass is 534 g/mol. The lowest BCUT2D eigenvalue weighted by molar-refractivity contribution is 0.0240. The molecule has 11 heteroatoms. The zero-order chi connectivity index (χ0) is 25.9. The van der Waals surface area contributed by atoms with Crippen LogP contribution >= 0.6 is 11.6 Å². The second kappa shape index (κ2) is 14.3. The van der Waals surface area contributed by atoms with Crippen molar-refractivity contribution in [2.24, 2.45) is 0 Å². The van der Waals surface area contributed by atoms with Crippen molar-refractivity contribution >= 4 is 34.0 Å². The number of fused-ring (bicyclic) bond motifs is 1. The van der Waals surface area contributed by atoms with Crippen molar-refractivity contribution in [3.63, 3.8) is 0 Å². The first kappa shape index (κ1) is 27.3. The van der Waals surface area contributed by atoms with Crippen LogP contribution in [0, 0.1) is 5.82 Å². The first-order valence-electron chi connectivity index (χ1n) is 12.3. The molecule has 3 aromatic rings. The molecule has 5 rings (SSSR count). The van der Waals surface area contributed by atoms with Crippen LogP contribution in [-0.4, -0.2) is 75.9 Å². The van der Waals surface area contributed by atoms with Gasteiger partial charge in [0.2, 0.25) is 0 Å². The Morgan fingerprint density at radius 2 is 1.81 bits per heavy atom. The highest BCUT2D eigenvalue weighted by molar-refractivity contribution is 6.31. The van der Waals surface area contributed by atoms with Crippen molar-refractivity contribution in [2.75, 3.05) is 65.2 Å². The maximum atomic E-state index is 13.5. The van der Waals surface area contributed by atoms with Gasteiger partial charge in [0.25, 0.3) is 0 Å². The Balaban J connectivity index is 0.000000469. The second-order valence-corrected chi connectivity index (χ2v) is 8.83. The van der Waals surface area contributed by atoms with E-state index in [9.17, 15) is 4.39 Å². The maximum Gasteiger partial charge on any atom is 0.163 e. The van der Waals surface area contributed by atoms with Crippen molar-refractivity contribution in [2.45, 2.75) is 18.9 Å². The first-order chi connectivity index (χ1) is 18.1. The molecule has 0 aliphatic carbocycles. The van der Waals surface area contributed by atoms with Crippen LogP contribution < -0.4 is 20.1 Å². The van der Waals surface area contributed by atoms with Crippen molar-refractivity contribution in [1.82, 2.24) is 15.3 Å². The number of benzene rings is 2. The number of aromatic nitrogens is 2. The largest absolute Gasteiger partial charge is 0.487 e. The molecular weight excluding hydrogens is 503 g/mol. The summed E-state index contributed by atoms with van der Waals surface area (Å²) in [6.07, 6.45) is 3.10. The quantitative estimate of drug-likeness (QED) is 0.409. The van der Waals surface area contributed by atoms with E-state index >= 15 is 0 Å². The fraction of sp³-hybridized carbons (Fsp3) is 0.462. The van der Waals surface area contributed by atoms with E-state index in [0.717, 1.165) is 44.5 Å². The molecule has 1 aromatic heterocycles. The van der Waals surface area contributed by atoms with E-state index in [1.54, 1.807) is 13.2 Å². The molecule has 2 fully saturated rings. The van der Waals surface area contributed by atoms with Gasteiger partial charge in [-0.25, -0.2) is 14.4 Å². The Morgan fingerprint density at radius 3 is 2.49 bits per heavy atom. The summed E-state index contributed by atoms with van der Waals surface area (Å²) in [6, 6.07) is 8.09. The Kier molecular flexibility index (Phi) is 10.5. The highest BCUT2D eigenvalue weighted by Gasteiger charge is 2.19. The summed E-state index contributed by atoms with van der Waals surface area (Å²) < 4.78 is 41.2. The number of hydrogen-bond donors (Lipinski definition) is 2. The van der Waals surface area contributed by atoms with E-state index in [0.29, 0.717) is 54.9 Å². The highest BCUT2D eigenvalue weighted by Crippen LogP contribution is 2.36. The van der Waals surface area contributed by atoms with Gasteiger partial charge in [0.1, 0.15) is 30.7 Å². The van der Waals surface area contributed by atoms with Gasteiger partial charge < -0.3 is 34.3 Å². The SMILES string of the molecule is C1COCCN1.COCCOc1cc2ncnc(Nc3ccc(F)c(Cl)c3)c2cc1OC1CCOCC1. The Hall–Kier alpha value is -2.76. The number of rotatable bonds is 8. The summed E-state index contributed by atoms with van der Waals surface area (Å²) in [5.41, 5.74) is 1.29. The van der Waals surface area contributed by atoms with Crippen molar-refractivity contribution < 1.29 is 28.1 Å². The molecule has 0 atom stereocenters. The third kappa shape index (κ3) is 8.11. The van der Waals surface area contributed by atoms with Crippen molar-refractivity contribution in [3.8, 4) is 11.5 Å². The topological polar surface area (TPSA) is 96.0 Å². The summed E-state index contributed by atoms with van der Waals surface area (Å²) >= 11 is 5.91. The van der Waals surface area contributed by atoms with Gasteiger partial charge in [-0.2, -0.15) is 0 Å². The second-order valence-electron chi connectivity index (χ2n) is 8.43. The predicted molar refractivity (Wildman–Crippen MR) is 140 cm³/mol. The highest BCUT2D eigenvalue weighted by atomic mass is 35.5. The third-order valence-electron chi connectivity index (χ3n) is 5.74. The van der Waals surface area contributed by atoms with Crippen LogP contribution in [0.1, 0.15) is 12.8 Å². The lowest BCUT2D eigenvalue weighted by Gasteiger charge is -2.25.